The molecule has 0 aromatic heterocycles. The zero-order valence-electron chi connectivity index (χ0n) is 21.3. The lowest BCUT2D eigenvalue weighted by Crippen LogP contribution is -2.33. The van der Waals surface area contributed by atoms with Crippen molar-refractivity contribution in [2.45, 2.75) is 20.3 Å². The van der Waals surface area contributed by atoms with Crippen LogP contribution in [0.3, 0.4) is 0 Å². The van der Waals surface area contributed by atoms with Crippen molar-refractivity contribution in [3.05, 3.63) is 94.7 Å². The monoisotopic (exact) mass is 547 g/mol. The molecule has 0 aliphatic carbocycles. The zero-order chi connectivity index (χ0) is 27.9. The topological polar surface area (TPSA) is 114 Å². The van der Waals surface area contributed by atoms with Crippen molar-refractivity contribution >= 4 is 52.4 Å². The van der Waals surface area contributed by atoms with Gasteiger partial charge in [0.05, 0.1) is 24.5 Å². The van der Waals surface area contributed by atoms with Crippen LogP contribution in [0.25, 0.3) is 0 Å². The van der Waals surface area contributed by atoms with Crippen LogP contribution < -0.4 is 20.3 Å². The van der Waals surface area contributed by atoms with E-state index in [2.05, 4.69) is 10.6 Å². The lowest BCUT2D eigenvalue weighted by Gasteiger charge is -2.18. The Balaban J connectivity index is 1.46. The van der Waals surface area contributed by atoms with Crippen molar-refractivity contribution in [1.29, 1.82) is 0 Å². The molecular formula is C29H26ClN3O6. The van der Waals surface area contributed by atoms with Crippen LogP contribution in [0.15, 0.2) is 83.5 Å². The molecule has 0 bridgehead atoms. The van der Waals surface area contributed by atoms with E-state index in [4.69, 9.17) is 21.1 Å². The lowest BCUT2D eigenvalue weighted by atomic mass is 10.1. The number of benzene rings is 3. The molecule has 3 amide bonds. The van der Waals surface area contributed by atoms with Crippen LogP contribution in [0, 0.1) is 0 Å². The van der Waals surface area contributed by atoms with Gasteiger partial charge in [-0.2, -0.15) is 0 Å². The predicted octanol–water partition coefficient (Wildman–Crippen LogP) is 5.34. The smallest absolute Gasteiger partial charge is 0.340 e. The second-order valence-electron chi connectivity index (χ2n) is 8.40. The van der Waals surface area contributed by atoms with Crippen LogP contribution in [0.5, 0.6) is 5.75 Å². The number of ether oxygens (including phenoxy) is 2. The molecule has 9 nitrogen and oxygen atoms in total. The number of esters is 1. The van der Waals surface area contributed by atoms with Crippen molar-refractivity contribution in [2.24, 2.45) is 0 Å². The summed E-state index contributed by atoms with van der Waals surface area (Å²) in [6, 6.07) is 19.5. The summed E-state index contributed by atoms with van der Waals surface area (Å²) >= 11 is 6.25. The molecule has 4 rings (SSSR count). The molecule has 0 unspecified atom stereocenters. The number of hydrogen-bond donors (Lipinski definition) is 2. The largest absolute Gasteiger partial charge is 0.494 e. The number of nitrogens with zero attached hydrogens (tertiary/aromatic N) is 1. The minimum atomic E-state index is -0.772. The molecule has 2 N–H and O–H groups in total. The summed E-state index contributed by atoms with van der Waals surface area (Å²) in [4.78, 5) is 52.2. The van der Waals surface area contributed by atoms with Crippen molar-refractivity contribution < 1.29 is 28.7 Å². The Morgan fingerprint density at radius 1 is 0.872 bits per heavy atom. The summed E-state index contributed by atoms with van der Waals surface area (Å²) in [5, 5.41) is 5.34. The van der Waals surface area contributed by atoms with Crippen LogP contribution in [0.1, 0.15) is 41.0 Å². The van der Waals surface area contributed by atoms with Gasteiger partial charge in [0.15, 0.2) is 0 Å². The van der Waals surface area contributed by atoms with Gasteiger partial charge in [0.25, 0.3) is 17.7 Å². The standard InChI is InChI=1S/C29H26ClN3O6/c1-3-17-39-29(37)22-7-5-6-8-23(22)33-27(35)24(30)25(28(33)36)31-19-11-9-18(10-12-19)26(34)32-20-13-15-21(16-14-20)38-4-2/h5-16,31H,3-4,17H2,1-2H3,(H,32,34). The van der Waals surface area contributed by atoms with Gasteiger partial charge in [-0.1, -0.05) is 30.7 Å². The quantitative estimate of drug-likeness (QED) is 0.260. The number of anilines is 3. The van der Waals surface area contributed by atoms with E-state index < -0.39 is 17.8 Å². The summed E-state index contributed by atoms with van der Waals surface area (Å²) in [6.45, 7) is 4.50. The second kappa shape index (κ2) is 12.3. The minimum Gasteiger partial charge on any atom is -0.494 e. The number of carbonyl (C=O) groups excluding carboxylic acids is 4. The van der Waals surface area contributed by atoms with Crippen molar-refractivity contribution in [1.82, 2.24) is 0 Å². The van der Waals surface area contributed by atoms with Crippen LogP contribution >= 0.6 is 11.6 Å². The van der Waals surface area contributed by atoms with Crippen molar-refractivity contribution in [3.8, 4) is 5.75 Å². The molecule has 0 fully saturated rings. The highest BCUT2D eigenvalue weighted by Crippen LogP contribution is 2.32. The molecule has 0 saturated heterocycles. The van der Waals surface area contributed by atoms with Crippen LogP contribution in [0.2, 0.25) is 0 Å². The number of nitrogens with one attached hydrogen (secondary N) is 2. The SMILES string of the molecule is CCCOC(=O)c1ccccc1N1C(=O)C(Cl)=C(Nc2ccc(C(=O)Nc3ccc(OCC)cc3)cc2)C1=O. The highest BCUT2D eigenvalue weighted by molar-refractivity contribution is 6.53. The third-order valence-corrected chi connectivity index (χ3v) is 6.02. The Labute approximate surface area is 230 Å². The van der Waals surface area contributed by atoms with E-state index in [1.165, 1.54) is 12.1 Å². The first-order valence-corrected chi connectivity index (χ1v) is 12.7. The molecule has 1 aliphatic heterocycles. The van der Waals surface area contributed by atoms with Gasteiger partial charge in [0.2, 0.25) is 0 Å². The fraction of sp³-hybridized carbons (Fsp3) is 0.172. The number of para-hydroxylation sites is 1. The number of imide groups is 1. The predicted molar refractivity (Wildman–Crippen MR) is 148 cm³/mol. The first-order chi connectivity index (χ1) is 18.8. The Kier molecular flexibility index (Phi) is 8.63. The van der Waals surface area contributed by atoms with Gasteiger partial charge in [-0.25, -0.2) is 9.69 Å². The van der Waals surface area contributed by atoms with Gasteiger partial charge in [-0.3, -0.25) is 14.4 Å². The molecule has 1 aliphatic rings. The third-order valence-electron chi connectivity index (χ3n) is 5.67. The van der Waals surface area contributed by atoms with Crippen LogP contribution in [-0.2, 0) is 14.3 Å². The molecule has 3 aromatic rings. The van der Waals surface area contributed by atoms with Gasteiger partial charge in [0, 0.05) is 16.9 Å². The summed E-state index contributed by atoms with van der Waals surface area (Å²) in [5.74, 6) is -1.76. The highest BCUT2D eigenvalue weighted by Gasteiger charge is 2.40. The maximum atomic E-state index is 13.2. The Bertz CT molecular complexity index is 1430. The van der Waals surface area contributed by atoms with Crippen LogP contribution in [-0.4, -0.2) is 36.9 Å². The molecule has 0 saturated carbocycles. The van der Waals surface area contributed by atoms with Gasteiger partial charge in [-0.05, 0) is 74.0 Å². The maximum Gasteiger partial charge on any atom is 0.340 e. The summed E-state index contributed by atoms with van der Waals surface area (Å²) in [7, 11) is 0. The molecule has 1 heterocycles. The van der Waals surface area contributed by atoms with Gasteiger partial charge >= 0.3 is 5.97 Å². The normalized spacial score (nSPS) is 12.9. The average Bonchev–Trinajstić information content (AvgIpc) is 3.16. The Morgan fingerprint density at radius 3 is 2.21 bits per heavy atom. The molecule has 39 heavy (non-hydrogen) atoms. The van der Waals surface area contributed by atoms with Gasteiger partial charge in [0.1, 0.15) is 16.5 Å². The van der Waals surface area contributed by atoms with Crippen molar-refractivity contribution in [3.63, 3.8) is 0 Å². The molecule has 10 heteroatoms. The molecule has 200 valence electrons. The van der Waals surface area contributed by atoms with E-state index in [-0.39, 0.29) is 34.5 Å². The molecule has 3 aromatic carbocycles. The van der Waals surface area contributed by atoms with Gasteiger partial charge in [-0.15, -0.1) is 0 Å². The Hall–Kier alpha value is -4.63. The number of amides is 3. The molecule has 0 radical (unpaired) electrons. The van der Waals surface area contributed by atoms with Gasteiger partial charge < -0.3 is 20.1 Å². The number of carbonyl (C=O) groups is 4. The lowest BCUT2D eigenvalue weighted by molar-refractivity contribution is -0.120. The van der Waals surface area contributed by atoms with Crippen LogP contribution in [0.4, 0.5) is 17.1 Å². The average molecular weight is 548 g/mol. The first-order valence-electron chi connectivity index (χ1n) is 12.3. The second-order valence-corrected chi connectivity index (χ2v) is 8.78. The summed E-state index contributed by atoms with van der Waals surface area (Å²) in [5.41, 5.74) is 1.41. The first kappa shape index (κ1) is 27.4. The maximum absolute atomic E-state index is 13.2. The molecule has 0 atom stereocenters. The van der Waals surface area contributed by atoms with E-state index in [1.54, 1.807) is 60.7 Å². The van der Waals surface area contributed by atoms with E-state index >= 15 is 0 Å². The number of rotatable bonds is 10. The zero-order valence-corrected chi connectivity index (χ0v) is 22.1. The summed E-state index contributed by atoms with van der Waals surface area (Å²) < 4.78 is 10.6. The van der Waals surface area contributed by atoms with E-state index in [0.29, 0.717) is 35.7 Å². The third kappa shape index (κ3) is 6.10. The number of hydrogen-bond acceptors (Lipinski definition) is 7. The fourth-order valence-electron chi connectivity index (χ4n) is 3.80. The number of halogens is 1. The van der Waals surface area contributed by atoms with E-state index in [0.717, 1.165) is 4.90 Å². The van der Waals surface area contributed by atoms with E-state index in [1.807, 2.05) is 13.8 Å². The molecule has 0 spiro atoms. The van der Waals surface area contributed by atoms with E-state index in [9.17, 15) is 19.2 Å². The fourth-order valence-corrected chi connectivity index (χ4v) is 4.01. The minimum absolute atomic E-state index is 0.0706. The van der Waals surface area contributed by atoms with Crippen molar-refractivity contribution in [2.75, 3.05) is 28.7 Å². The molecular weight excluding hydrogens is 522 g/mol. The Morgan fingerprint density at radius 2 is 1.54 bits per heavy atom. The highest BCUT2D eigenvalue weighted by atomic mass is 35.5. The summed E-state index contributed by atoms with van der Waals surface area (Å²) in [6.07, 6.45) is 0.624.